The van der Waals surface area contributed by atoms with Crippen molar-refractivity contribution in [3.63, 3.8) is 0 Å². The Morgan fingerprint density at radius 2 is 1.93 bits per heavy atom. The first-order valence-corrected chi connectivity index (χ1v) is 9.43. The summed E-state index contributed by atoms with van der Waals surface area (Å²) >= 11 is 1.01. The molecule has 6 unspecified atom stereocenters. The van der Waals surface area contributed by atoms with Crippen LogP contribution in [0, 0.1) is 11.6 Å². The summed E-state index contributed by atoms with van der Waals surface area (Å²) in [5.41, 5.74) is -1.38. The Morgan fingerprint density at radius 1 is 1.24 bits per heavy atom. The number of halogens is 5. The molecule has 1 aromatic rings. The lowest BCUT2D eigenvalue weighted by atomic mass is 9.94. The third-order valence-electron chi connectivity index (χ3n) is 4.54. The first kappa shape index (κ1) is 22.2. The molecule has 1 aromatic carbocycles. The van der Waals surface area contributed by atoms with E-state index in [0.717, 1.165) is 30.0 Å². The van der Waals surface area contributed by atoms with Gasteiger partial charge in [0.15, 0.2) is 22.9 Å². The van der Waals surface area contributed by atoms with Crippen LogP contribution in [0.15, 0.2) is 23.2 Å². The summed E-state index contributed by atoms with van der Waals surface area (Å²) in [5.74, 6) is -2.55. The van der Waals surface area contributed by atoms with Gasteiger partial charge in [-0.05, 0) is 6.07 Å². The van der Waals surface area contributed by atoms with Crippen LogP contribution in [0.5, 0.6) is 0 Å². The van der Waals surface area contributed by atoms with Gasteiger partial charge in [-0.15, -0.1) is 0 Å². The average molecular weight is 442 g/mol. The molecule has 1 fully saturated rings. The van der Waals surface area contributed by atoms with Crippen LogP contribution >= 0.6 is 11.8 Å². The van der Waals surface area contributed by atoms with Crippen LogP contribution in [0.1, 0.15) is 5.56 Å². The molecule has 2 aliphatic rings. The number of benzene rings is 1. The third-order valence-corrected chi connectivity index (χ3v) is 5.84. The van der Waals surface area contributed by atoms with Crippen molar-refractivity contribution in [2.45, 2.75) is 48.7 Å². The number of aliphatic imine (C=N–C) groups is 1. The summed E-state index contributed by atoms with van der Waals surface area (Å²) < 4.78 is 78.1. The molecule has 6 nitrogen and oxygen atoms in total. The molecule has 29 heavy (non-hydrogen) atoms. The first-order chi connectivity index (χ1) is 13.5. The smallest absolute Gasteiger partial charge is 0.388 e. The number of thioether (sulfide) groups is 1. The van der Waals surface area contributed by atoms with Crippen molar-refractivity contribution in [2.24, 2.45) is 4.99 Å². The summed E-state index contributed by atoms with van der Waals surface area (Å²) in [4.78, 5) is 5.77. The maximum atomic E-state index is 13.7. The van der Waals surface area contributed by atoms with E-state index < -0.39 is 65.9 Å². The fourth-order valence-electron chi connectivity index (χ4n) is 3.06. The number of alkyl halides is 3. The van der Waals surface area contributed by atoms with E-state index in [-0.39, 0.29) is 0 Å². The molecular formula is C17H19F5N2O4S. The zero-order valence-electron chi connectivity index (χ0n) is 15.3. The van der Waals surface area contributed by atoms with E-state index >= 15 is 0 Å². The van der Waals surface area contributed by atoms with Crippen molar-refractivity contribution < 1.29 is 41.6 Å². The van der Waals surface area contributed by atoms with Gasteiger partial charge in [0.1, 0.15) is 29.8 Å². The molecule has 1 saturated heterocycles. The molecule has 0 spiro atoms. The van der Waals surface area contributed by atoms with Crippen LogP contribution in [-0.2, 0) is 16.1 Å². The molecule has 0 radical (unpaired) electrons. The molecule has 2 heterocycles. The summed E-state index contributed by atoms with van der Waals surface area (Å²) in [6, 6.07) is 2.09. The predicted octanol–water partition coefficient (Wildman–Crippen LogP) is 1.89. The van der Waals surface area contributed by atoms with Crippen LogP contribution in [-0.4, -0.2) is 76.4 Å². The Labute approximate surface area is 167 Å². The standard InChI is InChI=1S/C17H19F5N2O4S/c1-24(2)16-23-10-11(25)12(26)13(28-15(10)29-16)14(17(20,21)22)27-6-7-4-3-5-8(18)9(7)19/h3-5,10-15,25-26H,6H2,1-2H3. The highest BCUT2D eigenvalue weighted by molar-refractivity contribution is 8.14. The van der Waals surface area contributed by atoms with Crippen molar-refractivity contribution in [1.29, 1.82) is 0 Å². The van der Waals surface area contributed by atoms with Gasteiger partial charge in [-0.2, -0.15) is 13.2 Å². The number of aliphatic hydroxyl groups excluding tert-OH is 2. The Bertz CT molecular complexity index is 779. The highest BCUT2D eigenvalue weighted by atomic mass is 32.2. The molecule has 0 saturated carbocycles. The second-order valence-corrected chi connectivity index (χ2v) is 7.92. The zero-order valence-corrected chi connectivity index (χ0v) is 16.1. The SMILES string of the molecule is CN(C)C1=NC2C(OC(C(OCc3cccc(F)c3F)C(F)(F)F)C(O)C2O)S1. The van der Waals surface area contributed by atoms with Crippen LogP contribution in [0.4, 0.5) is 22.0 Å². The number of rotatable bonds is 4. The number of nitrogens with zero attached hydrogens (tertiary/aromatic N) is 2. The van der Waals surface area contributed by atoms with E-state index in [4.69, 9.17) is 9.47 Å². The van der Waals surface area contributed by atoms with E-state index in [9.17, 15) is 32.2 Å². The minimum atomic E-state index is -5.00. The second-order valence-electron chi connectivity index (χ2n) is 6.85. The molecule has 0 bridgehead atoms. The van der Waals surface area contributed by atoms with Crippen LogP contribution in [0.25, 0.3) is 0 Å². The van der Waals surface area contributed by atoms with Gasteiger partial charge in [0.2, 0.25) is 0 Å². The Hall–Kier alpha value is -1.47. The lowest BCUT2D eigenvalue weighted by Crippen LogP contribution is -2.61. The van der Waals surface area contributed by atoms with Gasteiger partial charge in [-0.25, -0.2) is 8.78 Å². The van der Waals surface area contributed by atoms with Gasteiger partial charge in [-0.1, -0.05) is 23.9 Å². The average Bonchev–Trinajstić information content (AvgIpc) is 3.06. The molecule has 3 rings (SSSR count). The van der Waals surface area contributed by atoms with E-state index in [1.54, 1.807) is 19.0 Å². The zero-order chi connectivity index (χ0) is 21.5. The van der Waals surface area contributed by atoms with E-state index in [2.05, 4.69) is 4.99 Å². The highest BCUT2D eigenvalue weighted by Gasteiger charge is 2.57. The molecule has 2 aliphatic heterocycles. The first-order valence-electron chi connectivity index (χ1n) is 8.55. The van der Waals surface area contributed by atoms with Gasteiger partial charge in [0.05, 0.1) is 6.61 Å². The largest absolute Gasteiger partial charge is 0.417 e. The number of hydrogen-bond acceptors (Lipinski definition) is 7. The molecular weight excluding hydrogens is 423 g/mol. The number of hydrogen-bond donors (Lipinski definition) is 2. The number of aliphatic hydroxyl groups is 2. The van der Waals surface area contributed by atoms with Gasteiger partial charge in [0.25, 0.3) is 0 Å². The van der Waals surface area contributed by atoms with E-state index in [1.807, 2.05) is 0 Å². The molecule has 6 atom stereocenters. The number of fused-ring (bicyclic) bond motifs is 1. The van der Waals surface area contributed by atoms with Gasteiger partial charge in [-0.3, -0.25) is 4.99 Å². The quantitative estimate of drug-likeness (QED) is 0.694. The number of ether oxygens (including phenoxy) is 2. The van der Waals surface area contributed by atoms with Crippen molar-refractivity contribution in [1.82, 2.24) is 4.90 Å². The minimum Gasteiger partial charge on any atom is -0.388 e. The van der Waals surface area contributed by atoms with Gasteiger partial charge >= 0.3 is 6.18 Å². The maximum absolute atomic E-state index is 13.7. The summed E-state index contributed by atoms with van der Waals surface area (Å²) in [5, 5.41) is 21.0. The van der Waals surface area contributed by atoms with Crippen LogP contribution < -0.4 is 0 Å². The molecule has 2 N–H and O–H groups in total. The number of amidine groups is 1. The maximum Gasteiger partial charge on any atom is 0.417 e. The van der Waals surface area contributed by atoms with Crippen molar-refractivity contribution >= 4 is 16.9 Å². The fraction of sp³-hybridized carbons (Fsp3) is 0.588. The molecule has 0 aromatic heterocycles. The van der Waals surface area contributed by atoms with Crippen molar-refractivity contribution in [3.8, 4) is 0 Å². The third kappa shape index (κ3) is 4.50. The summed E-state index contributed by atoms with van der Waals surface area (Å²) in [6.45, 7) is -0.906. The second kappa shape index (κ2) is 8.34. The minimum absolute atomic E-state index is 0.420. The summed E-state index contributed by atoms with van der Waals surface area (Å²) in [7, 11) is 3.33. The van der Waals surface area contributed by atoms with Gasteiger partial charge < -0.3 is 24.6 Å². The van der Waals surface area contributed by atoms with E-state index in [0.29, 0.717) is 5.17 Å². The predicted molar refractivity (Wildman–Crippen MR) is 94.2 cm³/mol. The monoisotopic (exact) mass is 442 g/mol. The Morgan fingerprint density at radius 3 is 2.55 bits per heavy atom. The van der Waals surface area contributed by atoms with Crippen LogP contribution in [0.2, 0.25) is 0 Å². The molecule has 162 valence electrons. The van der Waals surface area contributed by atoms with Gasteiger partial charge in [0, 0.05) is 19.7 Å². The fourth-order valence-corrected chi connectivity index (χ4v) is 4.20. The Balaban J connectivity index is 1.80. The van der Waals surface area contributed by atoms with Crippen molar-refractivity contribution in [2.75, 3.05) is 14.1 Å². The van der Waals surface area contributed by atoms with E-state index in [1.165, 1.54) is 0 Å². The summed E-state index contributed by atoms with van der Waals surface area (Å²) in [6.07, 6.45) is -13.2. The highest BCUT2D eigenvalue weighted by Crippen LogP contribution is 2.41. The molecule has 0 amide bonds. The van der Waals surface area contributed by atoms with Crippen LogP contribution in [0.3, 0.4) is 0 Å². The Kier molecular flexibility index (Phi) is 6.39. The lowest BCUT2D eigenvalue weighted by Gasteiger charge is -2.41. The van der Waals surface area contributed by atoms with Crippen molar-refractivity contribution in [3.05, 3.63) is 35.4 Å². The normalized spacial score (nSPS) is 30.7. The molecule has 12 heteroatoms. The topological polar surface area (TPSA) is 74.5 Å². The lowest BCUT2D eigenvalue weighted by molar-refractivity contribution is -0.287. The molecule has 0 aliphatic carbocycles.